The molecule has 0 saturated heterocycles. The molecule has 4 heteroatoms. The molecule has 1 aromatic heterocycles. The predicted octanol–water partition coefficient (Wildman–Crippen LogP) is 3.53. The van der Waals surface area contributed by atoms with Gasteiger partial charge in [-0.05, 0) is 53.3 Å². The molecule has 17 heavy (non-hydrogen) atoms. The molecule has 2 rings (SSSR count). The molecule has 3 nitrogen and oxygen atoms in total. The van der Waals surface area contributed by atoms with Crippen molar-refractivity contribution in [2.24, 2.45) is 0 Å². The minimum Gasteiger partial charge on any atom is -0.438 e. The average Bonchev–Trinajstić information content (AvgIpc) is 2.33. The lowest BCUT2D eigenvalue weighted by Gasteiger charge is -2.08. The van der Waals surface area contributed by atoms with Crippen molar-refractivity contribution in [3.63, 3.8) is 0 Å². The van der Waals surface area contributed by atoms with E-state index in [1.807, 2.05) is 30.3 Å². The van der Waals surface area contributed by atoms with E-state index < -0.39 is 6.10 Å². The Bertz CT molecular complexity index is 497. The molecule has 0 radical (unpaired) electrons. The summed E-state index contributed by atoms with van der Waals surface area (Å²) in [6.07, 6.45) is 1.11. The molecule has 1 atom stereocenters. The van der Waals surface area contributed by atoms with Crippen molar-refractivity contribution >= 4 is 22.6 Å². The van der Waals surface area contributed by atoms with Gasteiger partial charge in [-0.2, -0.15) is 0 Å². The van der Waals surface area contributed by atoms with Crippen LogP contribution in [-0.2, 0) is 0 Å². The SMILES string of the molecule is C[C@H](O)c1ccc(Oc2ccccc2I)nc1. The van der Waals surface area contributed by atoms with Crippen LogP contribution in [0.1, 0.15) is 18.6 Å². The number of rotatable bonds is 3. The van der Waals surface area contributed by atoms with Crippen molar-refractivity contribution in [1.29, 1.82) is 0 Å². The lowest BCUT2D eigenvalue weighted by atomic mass is 10.2. The molecule has 1 aromatic carbocycles. The largest absolute Gasteiger partial charge is 0.438 e. The molecule has 0 aliphatic heterocycles. The normalized spacial score (nSPS) is 12.2. The first kappa shape index (κ1) is 12.3. The molecule has 0 saturated carbocycles. The van der Waals surface area contributed by atoms with Crippen LogP contribution in [0.5, 0.6) is 11.6 Å². The van der Waals surface area contributed by atoms with Crippen molar-refractivity contribution in [2.45, 2.75) is 13.0 Å². The standard InChI is InChI=1S/C13H12INO2/c1-9(16)10-6-7-13(15-8-10)17-12-5-3-2-4-11(12)14/h2-9,16H,1H3/t9-/m0/s1. The number of benzene rings is 1. The van der Waals surface area contributed by atoms with Gasteiger partial charge >= 0.3 is 0 Å². The second kappa shape index (κ2) is 5.46. The first-order valence-corrected chi connectivity index (χ1v) is 6.31. The van der Waals surface area contributed by atoms with E-state index in [1.165, 1.54) is 0 Å². The fraction of sp³-hybridized carbons (Fsp3) is 0.154. The zero-order valence-electron chi connectivity index (χ0n) is 9.30. The summed E-state index contributed by atoms with van der Waals surface area (Å²) in [6, 6.07) is 11.3. The fourth-order valence-corrected chi connectivity index (χ4v) is 1.84. The maximum absolute atomic E-state index is 9.37. The first-order chi connectivity index (χ1) is 8.16. The van der Waals surface area contributed by atoms with Gasteiger partial charge < -0.3 is 9.84 Å². The van der Waals surface area contributed by atoms with Gasteiger partial charge in [-0.3, -0.25) is 0 Å². The monoisotopic (exact) mass is 341 g/mol. The van der Waals surface area contributed by atoms with Gasteiger partial charge in [0, 0.05) is 12.3 Å². The second-order valence-electron chi connectivity index (χ2n) is 3.64. The van der Waals surface area contributed by atoms with Gasteiger partial charge in [0.1, 0.15) is 5.75 Å². The maximum atomic E-state index is 9.37. The highest BCUT2D eigenvalue weighted by molar-refractivity contribution is 14.1. The van der Waals surface area contributed by atoms with Crippen molar-refractivity contribution in [3.05, 3.63) is 51.7 Å². The van der Waals surface area contributed by atoms with Gasteiger partial charge in [0.05, 0.1) is 9.67 Å². The van der Waals surface area contributed by atoms with Crippen LogP contribution in [-0.4, -0.2) is 10.1 Å². The molecule has 0 unspecified atom stereocenters. The Hall–Kier alpha value is -1.14. The third-order valence-electron chi connectivity index (χ3n) is 2.29. The van der Waals surface area contributed by atoms with E-state index in [0.717, 1.165) is 14.9 Å². The zero-order chi connectivity index (χ0) is 12.3. The Morgan fingerprint density at radius 2 is 2.00 bits per heavy atom. The van der Waals surface area contributed by atoms with Gasteiger partial charge in [-0.1, -0.05) is 12.1 Å². The van der Waals surface area contributed by atoms with Crippen LogP contribution in [0.3, 0.4) is 0 Å². The number of nitrogens with zero attached hydrogens (tertiary/aromatic N) is 1. The first-order valence-electron chi connectivity index (χ1n) is 5.23. The van der Waals surface area contributed by atoms with E-state index in [-0.39, 0.29) is 0 Å². The second-order valence-corrected chi connectivity index (χ2v) is 4.80. The van der Waals surface area contributed by atoms with Crippen molar-refractivity contribution in [3.8, 4) is 11.6 Å². The van der Waals surface area contributed by atoms with Gasteiger partial charge in [0.25, 0.3) is 0 Å². The highest BCUT2D eigenvalue weighted by Gasteiger charge is 2.04. The van der Waals surface area contributed by atoms with Crippen LogP contribution in [0.2, 0.25) is 0 Å². The topological polar surface area (TPSA) is 42.4 Å². The molecule has 2 aromatic rings. The Balaban J connectivity index is 2.17. The van der Waals surface area contributed by atoms with Crippen molar-refractivity contribution < 1.29 is 9.84 Å². The van der Waals surface area contributed by atoms with Gasteiger partial charge in [0.2, 0.25) is 5.88 Å². The number of ether oxygens (including phenoxy) is 1. The lowest BCUT2D eigenvalue weighted by molar-refractivity contribution is 0.198. The summed E-state index contributed by atoms with van der Waals surface area (Å²) in [6.45, 7) is 1.71. The van der Waals surface area contributed by atoms with Crippen molar-refractivity contribution in [2.75, 3.05) is 0 Å². The zero-order valence-corrected chi connectivity index (χ0v) is 11.5. The minimum atomic E-state index is -0.506. The van der Waals surface area contributed by atoms with Crippen LogP contribution in [0.25, 0.3) is 0 Å². The molecule has 0 aliphatic carbocycles. The summed E-state index contributed by atoms with van der Waals surface area (Å²) >= 11 is 2.21. The summed E-state index contributed by atoms with van der Waals surface area (Å²) in [5.74, 6) is 1.31. The van der Waals surface area contributed by atoms with Crippen LogP contribution in [0.4, 0.5) is 0 Å². The predicted molar refractivity (Wildman–Crippen MR) is 74.1 cm³/mol. The Morgan fingerprint density at radius 3 is 2.59 bits per heavy atom. The van der Waals surface area contributed by atoms with Gasteiger partial charge in [-0.25, -0.2) is 4.98 Å². The van der Waals surface area contributed by atoms with Crippen LogP contribution < -0.4 is 4.74 Å². The van der Waals surface area contributed by atoms with E-state index in [9.17, 15) is 5.11 Å². The summed E-state index contributed by atoms with van der Waals surface area (Å²) < 4.78 is 6.68. The number of hydrogen-bond acceptors (Lipinski definition) is 3. The molecule has 1 N–H and O–H groups in total. The van der Waals surface area contributed by atoms with E-state index >= 15 is 0 Å². The van der Waals surface area contributed by atoms with Crippen LogP contribution in [0.15, 0.2) is 42.6 Å². The average molecular weight is 341 g/mol. The summed E-state index contributed by atoms with van der Waals surface area (Å²) in [5, 5.41) is 9.37. The lowest BCUT2D eigenvalue weighted by Crippen LogP contribution is -1.94. The molecule has 0 aliphatic rings. The molecule has 0 bridgehead atoms. The van der Waals surface area contributed by atoms with E-state index in [1.54, 1.807) is 19.2 Å². The molecule has 0 fully saturated rings. The number of hydrogen-bond donors (Lipinski definition) is 1. The number of aliphatic hydroxyl groups is 1. The Kier molecular flexibility index (Phi) is 3.96. The number of halogens is 1. The molecule has 1 heterocycles. The fourth-order valence-electron chi connectivity index (χ4n) is 1.34. The quantitative estimate of drug-likeness (QED) is 0.869. The molecule has 0 spiro atoms. The van der Waals surface area contributed by atoms with Gasteiger partial charge in [0.15, 0.2) is 0 Å². The summed E-state index contributed by atoms with van der Waals surface area (Å²) in [7, 11) is 0. The molecule has 0 amide bonds. The van der Waals surface area contributed by atoms with Crippen LogP contribution >= 0.6 is 22.6 Å². The third kappa shape index (κ3) is 3.17. The molecular weight excluding hydrogens is 329 g/mol. The Labute approximate surface area is 114 Å². The summed E-state index contributed by atoms with van der Waals surface area (Å²) in [5.41, 5.74) is 0.778. The Morgan fingerprint density at radius 1 is 1.24 bits per heavy atom. The number of pyridine rings is 1. The number of para-hydroxylation sites is 1. The van der Waals surface area contributed by atoms with E-state index in [0.29, 0.717) is 5.88 Å². The smallest absolute Gasteiger partial charge is 0.219 e. The van der Waals surface area contributed by atoms with Crippen LogP contribution in [0, 0.1) is 3.57 Å². The van der Waals surface area contributed by atoms with Crippen molar-refractivity contribution in [1.82, 2.24) is 4.98 Å². The summed E-state index contributed by atoms with van der Waals surface area (Å²) in [4.78, 5) is 4.15. The maximum Gasteiger partial charge on any atom is 0.219 e. The molecular formula is C13H12INO2. The minimum absolute atomic E-state index is 0.506. The van der Waals surface area contributed by atoms with E-state index in [4.69, 9.17) is 4.74 Å². The highest BCUT2D eigenvalue weighted by atomic mass is 127. The van der Waals surface area contributed by atoms with E-state index in [2.05, 4.69) is 27.6 Å². The third-order valence-corrected chi connectivity index (χ3v) is 3.18. The molecule has 88 valence electrons. The van der Waals surface area contributed by atoms with Gasteiger partial charge in [-0.15, -0.1) is 0 Å². The number of aliphatic hydroxyl groups excluding tert-OH is 1. The highest BCUT2D eigenvalue weighted by Crippen LogP contribution is 2.25. The number of aromatic nitrogens is 1.